The molecule has 2 rings (SSSR count). The van der Waals surface area contributed by atoms with Crippen LogP contribution in [0.4, 0.5) is 17.3 Å². The standard InChI is InChI=1S/C12H7BrCl2N4/c13-7-2-1-6(5-16)10(3-7)18-12-9(15)4-8(14)11(17)19-12/h1-4H,(H3,17,18,19). The van der Waals surface area contributed by atoms with Gasteiger partial charge in [0, 0.05) is 4.47 Å². The smallest absolute Gasteiger partial charge is 0.151 e. The van der Waals surface area contributed by atoms with Gasteiger partial charge in [-0.2, -0.15) is 5.26 Å². The Labute approximate surface area is 128 Å². The average Bonchev–Trinajstić information content (AvgIpc) is 2.36. The number of nitrogens with one attached hydrogen (secondary N) is 1. The number of nitrogen functional groups attached to an aromatic ring is 1. The Morgan fingerprint density at radius 1 is 1.26 bits per heavy atom. The number of pyridine rings is 1. The predicted molar refractivity (Wildman–Crippen MR) is 80.8 cm³/mol. The summed E-state index contributed by atoms with van der Waals surface area (Å²) in [6.45, 7) is 0. The fourth-order valence-electron chi connectivity index (χ4n) is 1.41. The summed E-state index contributed by atoms with van der Waals surface area (Å²) in [5.74, 6) is 0.514. The van der Waals surface area contributed by atoms with E-state index in [1.807, 2.05) is 0 Å². The monoisotopic (exact) mass is 356 g/mol. The maximum Gasteiger partial charge on any atom is 0.151 e. The fraction of sp³-hybridized carbons (Fsp3) is 0. The molecule has 7 heteroatoms. The van der Waals surface area contributed by atoms with E-state index >= 15 is 0 Å². The summed E-state index contributed by atoms with van der Waals surface area (Å²) in [7, 11) is 0. The molecule has 0 aliphatic heterocycles. The molecule has 19 heavy (non-hydrogen) atoms. The lowest BCUT2D eigenvalue weighted by molar-refractivity contribution is 1.31. The largest absolute Gasteiger partial charge is 0.382 e. The van der Waals surface area contributed by atoms with E-state index in [1.54, 1.807) is 18.2 Å². The number of hydrogen-bond acceptors (Lipinski definition) is 4. The first kappa shape index (κ1) is 13.9. The molecule has 1 aromatic heterocycles. The van der Waals surface area contributed by atoms with Gasteiger partial charge in [-0.05, 0) is 24.3 Å². The van der Waals surface area contributed by atoms with E-state index in [-0.39, 0.29) is 10.8 Å². The summed E-state index contributed by atoms with van der Waals surface area (Å²) in [5, 5.41) is 12.6. The van der Waals surface area contributed by atoms with Gasteiger partial charge in [0.05, 0.1) is 21.3 Å². The zero-order valence-corrected chi connectivity index (χ0v) is 12.5. The third-order valence-corrected chi connectivity index (χ3v) is 3.40. The Morgan fingerprint density at radius 3 is 2.68 bits per heavy atom. The number of aromatic nitrogens is 1. The minimum Gasteiger partial charge on any atom is -0.382 e. The Bertz CT molecular complexity index is 682. The van der Waals surface area contributed by atoms with E-state index in [2.05, 4.69) is 32.3 Å². The quantitative estimate of drug-likeness (QED) is 0.837. The van der Waals surface area contributed by atoms with Gasteiger partial charge in [-0.15, -0.1) is 0 Å². The molecule has 1 aromatic carbocycles. The number of hydrogen-bond donors (Lipinski definition) is 2. The van der Waals surface area contributed by atoms with Gasteiger partial charge in [0.15, 0.2) is 5.82 Å². The molecule has 2 aromatic rings. The van der Waals surface area contributed by atoms with Crippen LogP contribution in [0.15, 0.2) is 28.7 Å². The van der Waals surface area contributed by atoms with Crippen LogP contribution in [0.1, 0.15) is 5.56 Å². The third-order valence-electron chi connectivity index (χ3n) is 2.31. The van der Waals surface area contributed by atoms with Crippen LogP contribution in [-0.2, 0) is 0 Å². The van der Waals surface area contributed by atoms with Crippen LogP contribution in [-0.4, -0.2) is 4.98 Å². The van der Waals surface area contributed by atoms with Crippen LogP contribution in [0.3, 0.4) is 0 Å². The molecule has 0 saturated heterocycles. The van der Waals surface area contributed by atoms with Crippen LogP contribution in [0, 0.1) is 11.3 Å². The normalized spacial score (nSPS) is 10.0. The molecule has 0 amide bonds. The van der Waals surface area contributed by atoms with Gasteiger partial charge in [-0.3, -0.25) is 0 Å². The van der Waals surface area contributed by atoms with E-state index in [4.69, 9.17) is 34.2 Å². The molecule has 0 spiro atoms. The van der Waals surface area contributed by atoms with Crippen molar-refractivity contribution in [2.24, 2.45) is 0 Å². The lowest BCUT2D eigenvalue weighted by atomic mass is 10.2. The Hall–Kier alpha value is -1.48. The summed E-state index contributed by atoms with van der Waals surface area (Å²) in [6, 6.07) is 8.78. The van der Waals surface area contributed by atoms with Gasteiger partial charge in [0.1, 0.15) is 11.9 Å². The van der Waals surface area contributed by atoms with Gasteiger partial charge in [0.2, 0.25) is 0 Å². The van der Waals surface area contributed by atoms with Crippen molar-refractivity contribution < 1.29 is 0 Å². The van der Waals surface area contributed by atoms with Gasteiger partial charge in [-0.25, -0.2) is 4.98 Å². The summed E-state index contributed by atoms with van der Waals surface area (Å²) in [5.41, 5.74) is 6.67. The summed E-state index contributed by atoms with van der Waals surface area (Å²) in [4.78, 5) is 4.05. The molecule has 0 aliphatic carbocycles. The topological polar surface area (TPSA) is 74.7 Å². The third kappa shape index (κ3) is 3.10. The minimum absolute atomic E-state index is 0.169. The van der Waals surface area contributed by atoms with Crippen LogP contribution in [0.2, 0.25) is 10.0 Å². The molecular weight excluding hydrogens is 351 g/mol. The first-order valence-electron chi connectivity index (χ1n) is 5.09. The first-order chi connectivity index (χ1) is 9.01. The second-order valence-electron chi connectivity index (χ2n) is 3.61. The van der Waals surface area contributed by atoms with Gasteiger partial charge in [-0.1, -0.05) is 39.1 Å². The zero-order chi connectivity index (χ0) is 14.0. The highest BCUT2D eigenvalue weighted by Gasteiger charge is 2.10. The molecule has 0 unspecified atom stereocenters. The summed E-state index contributed by atoms with van der Waals surface area (Å²) in [6.07, 6.45) is 0. The van der Waals surface area contributed by atoms with Crippen molar-refractivity contribution in [3.8, 4) is 6.07 Å². The van der Waals surface area contributed by atoms with E-state index in [9.17, 15) is 0 Å². The fourth-order valence-corrected chi connectivity index (χ4v) is 2.18. The maximum atomic E-state index is 9.05. The molecule has 1 heterocycles. The molecular formula is C12H7BrCl2N4. The number of nitrogens with zero attached hydrogens (tertiary/aromatic N) is 2. The molecule has 96 valence electrons. The zero-order valence-electron chi connectivity index (χ0n) is 9.42. The Morgan fingerprint density at radius 2 is 2.00 bits per heavy atom. The molecule has 0 bridgehead atoms. The number of halogens is 3. The van der Waals surface area contributed by atoms with Gasteiger partial charge in [0.25, 0.3) is 0 Å². The van der Waals surface area contributed by atoms with E-state index in [0.717, 1.165) is 4.47 Å². The maximum absolute atomic E-state index is 9.05. The molecule has 0 radical (unpaired) electrons. The summed E-state index contributed by atoms with van der Waals surface area (Å²) < 4.78 is 0.826. The van der Waals surface area contributed by atoms with Crippen molar-refractivity contribution in [3.63, 3.8) is 0 Å². The summed E-state index contributed by atoms with van der Waals surface area (Å²) >= 11 is 15.2. The second-order valence-corrected chi connectivity index (χ2v) is 5.34. The molecule has 0 saturated carbocycles. The van der Waals surface area contributed by atoms with Gasteiger partial charge >= 0.3 is 0 Å². The Balaban J connectivity index is 2.45. The van der Waals surface area contributed by atoms with Crippen LogP contribution in [0.25, 0.3) is 0 Å². The lowest BCUT2D eigenvalue weighted by Crippen LogP contribution is -2.00. The molecule has 4 nitrogen and oxygen atoms in total. The second kappa shape index (κ2) is 5.66. The highest BCUT2D eigenvalue weighted by molar-refractivity contribution is 9.10. The predicted octanol–water partition coefficient (Wildman–Crippen LogP) is 4.35. The number of nitriles is 1. The van der Waals surface area contributed by atoms with Crippen LogP contribution >= 0.6 is 39.1 Å². The van der Waals surface area contributed by atoms with E-state index in [1.165, 1.54) is 6.07 Å². The number of nitrogens with two attached hydrogens (primary N) is 1. The minimum atomic E-state index is 0.169. The van der Waals surface area contributed by atoms with Gasteiger partial charge < -0.3 is 11.1 Å². The van der Waals surface area contributed by atoms with Crippen LogP contribution < -0.4 is 11.1 Å². The molecule has 0 aliphatic rings. The lowest BCUT2D eigenvalue weighted by Gasteiger charge is -2.10. The number of anilines is 3. The Kier molecular flexibility index (Phi) is 4.15. The van der Waals surface area contributed by atoms with Crippen molar-refractivity contribution >= 4 is 56.5 Å². The highest BCUT2D eigenvalue weighted by Crippen LogP contribution is 2.31. The number of benzene rings is 1. The van der Waals surface area contributed by atoms with Crippen LogP contribution in [0.5, 0.6) is 0 Å². The van der Waals surface area contributed by atoms with Crippen molar-refractivity contribution in [3.05, 3.63) is 44.3 Å². The van der Waals surface area contributed by atoms with Crippen molar-refractivity contribution in [1.82, 2.24) is 4.98 Å². The SMILES string of the molecule is N#Cc1ccc(Br)cc1Nc1nc(N)c(Cl)cc1Cl. The number of rotatable bonds is 2. The molecule has 3 N–H and O–H groups in total. The first-order valence-corrected chi connectivity index (χ1v) is 6.64. The molecule has 0 atom stereocenters. The van der Waals surface area contributed by atoms with Crippen molar-refractivity contribution in [2.45, 2.75) is 0 Å². The van der Waals surface area contributed by atoms with E-state index < -0.39 is 0 Å². The highest BCUT2D eigenvalue weighted by atomic mass is 79.9. The average molecular weight is 358 g/mol. The van der Waals surface area contributed by atoms with E-state index in [0.29, 0.717) is 22.1 Å². The van der Waals surface area contributed by atoms with Crippen molar-refractivity contribution in [2.75, 3.05) is 11.1 Å². The molecule has 0 fully saturated rings. The van der Waals surface area contributed by atoms with Crippen molar-refractivity contribution in [1.29, 1.82) is 5.26 Å².